The summed E-state index contributed by atoms with van der Waals surface area (Å²) >= 11 is 0. The lowest BCUT2D eigenvalue weighted by Crippen LogP contribution is -2.20. The monoisotopic (exact) mass is 705 g/mol. The third-order valence-corrected chi connectivity index (χ3v) is 12.4. The molecule has 0 spiro atoms. The zero-order valence-electron chi connectivity index (χ0n) is 31.2. The van der Waals surface area contributed by atoms with Crippen LogP contribution in [-0.2, 0) is 12.8 Å². The number of rotatable bonds is 6. The van der Waals surface area contributed by atoms with Crippen molar-refractivity contribution in [3.8, 4) is 55.8 Å². The molecular formula is C54H43N. The predicted octanol–water partition coefficient (Wildman–Crippen LogP) is 13.9. The molecule has 0 bridgehead atoms. The van der Waals surface area contributed by atoms with Gasteiger partial charge in [-0.3, -0.25) is 4.98 Å². The molecule has 0 saturated carbocycles. The minimum atomic E-state index is 0.224. The van der Waals surface area contributed by atoms with E-state index in [4.69, 9.17) is 4.98 Å². The first-order valence-electron chi connectivity index (χ1n) is 19.8. The summed E-state index contributed by atoms with van der Waals surface area (Å²) in [5.41, 5.74) is 21.4. The van der Waals surface area contributed by atoms with Gasteiger partial charge in [0.15, 0.2) is 0 Å². The minimum Gasteiger partial charge on any atom is -0.256 e. The summed E-state index contributed by atoms with van der Waals surface area (Å²) in [6.45, 7) is 2.45. The van der Waals surface area contributed by atoms with E-state index < -0.39 is 0 Å². The van der Waals surface area contributed by atoms with Crippen molar-refractivity contribution in [3.05, 3.63) is 222 Å². The van der Waals surface area contributed by atoms with Crippen LogP contribution in [0.25, 0.3) is 55.8 Å². The van der Waals surface area contributed by atoms with Crippen molar-refractivity contribution >= 4 is 0 Å². The zero-order valence-corrected chi connectivity index (χ0v) is 31.2. The van der Waals surface area contributed by atoms with Crippen LogP contribution in [0.1, 0.15) is 64.5 Å². The van der Waals surface area contributed by atoms with Gasteiger partial charge in [-0.15, -0.1) is 0 Å². The average molecular weight is 706 g/mol. The van der Waals surface area contributed by atoms with E-state index >= 15 is 0 Å². The number of fused-ring (bicyclic) bond motifs is 7. The lowest BCUT2D eigenvalue weighted by atomic mass is 9.68. The molecule has 1 aromatic heterocycles. The Balaban J connectivity index is 1.18. The molecule has 1 heterocycles. The predicted molar refractivity (Wildman–Crippen MR) is 229 cm³/mol. The second kappa shape index (κ2) is 14.2. The Hall–Kier alpha value is -6.31. The molecule has 55 heavy (non-hydrogen) atoms. The molecule has 3 unspecified atom stereocenters. The Bertz CT molecular complexity index is 2620. The molecule has 3 atom stereocenters. The fourth-order valence-corrected chi connectivity index (χ4v) is 9.74. The van der Waals surface area contributed by atoms with Crippen molar-refractivity contribution < 1.29 is 0 Å². The molecule has 10 rings (SSSR count). The molecule has 264 valence electrons. The van der Waals surface area contributed by atoms with Crippen molar-refractivity contribution in [3.63, 3.8) is 0 Å². The lowest BCUT2D eigenvalue weighted by molar-refractivity contribution is 0.561. The molecule has 8 aromatic rings. The quantitative estimate of drug-likeness (QED) is 0.168. The summed E-state index contributed by atoms with van der Waals surface area (Å²) in [7, 11) is 0. The van der Waals surface area contributed by atoms with Gasteiger partial charge in [0, 0.05) is 17.7 Å². The van der Waals surface area contributed by atoms with Crippen LogP contribution in [0.15, 0.2) is 188 Å². The topological polar surface area (TPSA) is 12.9 Å². The summed E-state index contributed by atoms with van der Waals surface area (Å²) in [4.78, 5) is 5.03. The zero-order chi connectivity index (χ0) is 36.7. The van der Waals surface area contributed by atoms with E-state index in [1.54, 1.807) is 0 Å². The first-order chi connectivity index (χ1) is 27.2. The van der Waals surface area contributed by atoms with Gasteiger partial charge in [-0.2, -0.15) is 0 Å². The van der Waals surface area contributed by atoms with Crippen molar-refractivity contribution in [1.29, 1.82) is 0 Å². The molecule has 7 aromatic carbocycles. The second-order valence-corrected chi connectivity index (χ2v) is 15.3. The van der Waals surface area contributed by atoms with Crippen molar-refractivity contribution in [1.82, 2.24) is 4.98 Å². The number of hydrogen-bond donors (Lipinski definition) is 0. The van der Waals surface area contributed by atoms with E-state index in [2.05, 4.69) is 183 Å². The molecule has 2 aliphatic rings. The van der Waals surface area contributed by atoms with Gasteiger partial charge in [-0.1, -0.05) is 171 Å². The number of aromatic nitrogens is 1. The van der Waals surface area contributed by atoms with Crippen molar-refractivity contribution in [2.45, 2.75) is 43.9 Å². The Morgan fingerprint density at radius 2 is 1.11 bits per heavy atom. The molecule has 0 aliphatic heterocycles. The van der Waals surface area contributed by atoms with E-state index in [1.165, 1.54) is 83.5 Å². The van der Waals surface area contributed by atoms with Gasteiger partial charge in [0.25, 0.3) is 0 Å². The smallest absolute Gasteiger partial charge is 0.0708 e. The highest BCUT2D eigenvalue weighted by Crippen LogP contribution is 2.55. The number of nitrogens with zero attached hydrogens (tertiary/aromatic N) is 1. The van der Waals surface area contributed by atoms with Gasteiger partial charge in [0.1, 0.15) is 0 Å². The molecule has 0 amide bonds. The summed E-state index contributed by atoms with van der Waals surface area (Å²) in [5, 5.41) is 0. The van der Waals surface area contributed by atoms with Gasteiger partial charge in [0.05, 0.1) is 5.69 Å². The van der Waals surface area contributed by atoms with Gasteiger partial charge in [-0.25, -0.2) is 0 Å². The maximum atomic E-state index is 5.03. The van der Waals surface area contributed by atoms with Crippen LogP contribution >= 0.6 is 0 Å². The molecular weight excluding hydrogens is 663 g/mol. The first-order valence-corrected chi connectivity index (χ1v) is 19.8. The van der Waals surface area contributed by atoms with Crippen molar-refractivity contribution in [2.75, 3.05) is 0 Å². The third-order valence-electron chi connectivity index (χ3n) is 12.4. The normalized spacial score (nSPS) is 16.2. The van der Waals surface area contributed by atoms with Crippen LogP contribution < -0.4 is 0 Å². The second-order valence-electron chi connectivity index (χ2n) is 15.3. The Morgan fingerprint density at radius 1 is 0.509 bits per heavy atom. The summed E-state index contributed by atoms with van der Waals surface area (Å²) in [6.07, 6.45) is 4.98. The highest BCUT2D eigenvalue weighted by Gasteiger charge is 2.36. The first kappa shape index (κ1) is 33.3. The number of pyridine rings is 1. The summed E-state index contributed by atoms with van der Waals surface area (Å²) in [6, 6.07) is 67.4. The van der Waals surface area contributed by atoms with Crippen LogP contribution in [0.4, 0.5) is 0 Å². The van der Waals surface area contributed by atoms with Gasteiger partial charge in [0.2, 0.25) is 0 Å². The van der Waals surface area contributed by atoms with E-state index in [-0.39, 0.29) is 5.92 Å². The molecule has 0 N–H and O–H groups in total. The fourth-order valence-electron chi connectivity index (χ4n) is 9.74. The van der Waals surface area contributed by atoms with E-state index in [0.717, 1.165) is 25.0 Å². The standard InChI is InChI=1S/C54H43N/c1-36(37-16-4-2-5-17-37)49-34-41-20-8-9-22-43(41)50-35-51(52-26-14-15-33-55-52)53-47-25-13-12-24-45(47)46(31-32-48(53)54(49)50)44-23-11-10-21-42(44)40-29-27-39(28-30-40)38-18-6-3-7-19-38/h2-30,33,35-36,46,49H,31-32,34H2,1H3. The molecule has 2 aliphatic carbocycles. The van der Waals surface area contributed by atoms with Crippen LogP contribution in [-0.4, -0.2) is 4.98 Å². The van der Waals surface area contributed by atoms with E-state index in [1.807, 2.05) is 12.3 Å². The lowest BCUT2D eigenvalue weighted by Gasteiger charge is -2.36. The molecule has 1 heteroatoms. The van der Waals surface area contributed by atoms with Crippen LogP contribution in [0, 0.1) is 0 Å². The molecule has 0 fully saturated rings. The average Bonchev–Trinajstić information content (AvgIpc) is 3.44. The number of benzene rings is 7. The van der Waals surface area contributed by atoms with Crippen LogP contribution in [0.2, 0.25) is 0 Å². The van der Waals surface area contributed by atoms with Crippen LogP contribution in [0.3, 0.4) is 0 Å². The third kappa shape index (κ3) is 5.92. The minimum absolute atomic E-state index is 0.224. The van der Waals surface area contributed by atoms with Crippen molar-refractivity contribution in [2.24, 2.45) is 0 Å². The Kier molecular flexibility index (Phi) is 8.57. The van der Waals surface area contributed by atoms with Gasteiger partial charge < -0.3 is 0 Å². The number of hydrogen-bond acceptors (Lipinski definition) is 1. The SMILES string of the molecule is CC(c1ccccc1)C1Cc2ccccc2-c2cc(-c3ccccn3)c3c(c21)CCC(c1ccccc1-c1ccc(-c2ccccc2)cc1)c1ccccc1-3. The molecule has 0 radical (unpaired) electrons. The Labute approximate surface area is 325 Å². The Morgan fingerprint density at radius 3 is 1.85 bits per heavy atom. The molecule has 0 saturated heterocycles. The molecule has 1 nitrogen and oxygen atoms in total. The highest BCUT2D eigenvalue weighted by molar-refractivity contribution is 5.94. The van der Waals surface area contributed by atoms with E-state index in [9.17, 15) is 0 Å². The maximum Gasteiger partial charge on any atom is 0.0708 e. The summed E-state index contributed by atoms with van der Waals surface area (Å²) in [5.74, 6) is 0.923. The largest absolute Gasteiger partial charge is 0.256 e. The highest BCUT2D eigenvalue weighted by atomic mass is 14.7. The van der Waals surface area contributed by atoms with Crippen LogP contribution in [0.5, 0.6) is 0 Å². The maximum absolute atomic E-state index is 5.03. The van der Waals surface area contributed by atoms with Gasteiger partial charge in [-0.05, 0) is 127 Å². The van der Waals surface area contributed by atoms with Gasteiger partial charge >= 0.3 is 0 Å². The summed E-state index contributed by atoms with van der Waals surface area (Å²) < 4.78 is 0. The fraction of sp³-hybridized carbons (Fsp3) is 0.130. The van der Waals surface area contributed by atoms with E-state index in [0.29, 0.717) is 11.8 Å².